The second kappa shape index (κ2) is 13.0. The number of aliphatic carboxylic acids is 1. The van der Waals surface area contributed by atoms with Crippen LogP contribution in [0.5, 0.6) is 0 Å². The molecule has 0 saturated heterocycles. The summed E-state index contributed by atoms with van der Waals surface area (Å²) in [5, 5.41) is 15.4. The lowest BCUT2D eigenvalue weighted by Gasteiger charge is -2.30. The van der Waals surface area contributed by atoms with Crippen LogP contribution in [0.4, 0.5) is 4.79 Å². The third-order valence-electron chi connectivity index (χ3n) is 8.10. The van der Waals surface area contributed by atoms with Gasteiger partial charge in [0.25, 0.3) is 0 Å². The summed E-state index contributed by atoms with van der Waals surface area (Å²) >= 11 is 0. The van der Waals surface area contributed by atoms with Crippen molar-refractivity contribution in [3.63, 3.8) is 0 Å². The molecule has 1 fully saturated rings. The number of carboxylic acids is 1. The van der Waals surface area contributed by atoms with E-state index in [1.54, 1.807) is 6.92 Å². The zero-order chi connectivity index (χ0) is 28.8. The molecule has 41 heavy (non-hydrogen) atoms. The van der Waals surface area contributed by atoms with Crippen molar-refractivity contribution in [2.45, 2.75) is 63.3 Å². The minimum atomic E-state index is -1.18. The molecule has 0 aromatic heterocycles. The van der Waals surface area contributed by atoms with E-state index in [1.165, 1.54) is 0 Å². The van der Waals surface area contributed by atoms with Gasteiger partial charge in [-0.1, -0.05) is 85.3 Å². The van der Waals surface area contributed by atoms with Crippen LogP contribution in [0.3, 0.4) is 0 Å². The molecule has 0 unspecified atom stereocenters. The first-order valence-corrected chi connectivity index (χ1v) is 14.2. The number of alkyl carbamates (subject to hydrolysis) is 1. The normalized spacial score (nSPS) is 19.3. The van der Waals surface area contributed by atoms with Crippen LogP contribution in [-0.2, 0) is 25.7 Å². The molecule has 3 aromatic rings. The predicted octanol–water partition coefficient (Wildman–Crippen LogP) is 5.26. The van der Waals surface area contributed by atoms with Crippen molar-refractivity contribution in [1.29, 1.82) is 0 Å². The van der Waals surface area contributed by atoms with Gasteiger partial charge in [-0.15, -0.1) is 0 Å². The number of carboxylic acid groups (broad SMARTS) is 1. The number of carbonyl (C=O) groups excluding carboxylic acids is 2. The fraction of sp³-hybridized carbons (Fsp3) is 0.364. The minimum absolute atomic E-state index is 0.0305. The van der Waals surface area contributed by atoms with Gasteiger partial charge >= 0.3 is 12.1 Å². The SMILES string of the molecule is C[C@@H](OCc1ccccc1)[C@H](NC(=O)[C@H]1CCC[C@@H](NC(=O)OCC2c3ccccc3-c3ccccc32)C1)C(=O)O. The van der Waals surface area contributed by atoms with E-state index in [-0.39, 0.29) is 31.1 Å². The number of carbonyl (C=O) groups is 3. The fourth-order valence-corrected chi connectivity index (χ4v) is 5.91. The highest BCUT2D eigenvalue weighted by Gasteiger charge is 2.34. The van der Waals surface area contributed by atoms with Crippen molar-refractivity contribution < 1.29 is 29.0 Å². The summed E-state index contributed by atoms with van der Waals surface area (Å²) in [6, 6.07) is 24.4. The maximum Gasteiger partial charge on any atom is 0.407 e. The van der Waals surface area contributed by atoms with E-state index < -0.39 is 30.1 Å². The molecule has 8 nitrogen and oxygen atoms in total. The zero-order valence-corrected chi connectivity index (χ0v) is 23.1. The van der Waals surface area contributed by atoms with Gasteiger partial charge in [-0.2, -0.15) is 0 Å². The summed E-state index contributed by atoms with van der Waals surface area (Å²) in [5.41, 5.74) is 5.54. The molecule has 3 aromatic carbocycles. The zero-order valence-electron chi connectivity index (χ0n) is 23.1. The molecule has 5 rings (SSSR count). The molecule has 0 heterocycles. The Balaban J connectivity index is 1.12. The van der Waals surface area contributed by atoms with E-state index in [9.17, 15) is 19.5 Å². The van der Waals surface area contributed by atoms with Gasteiger partial charge in [0.15, 0.2) is 6.04 Å². The van der Waals surface area contributed by atoms with Crippen LogP contribution in [0.2, 0.25) is 0 Å². The first kappa shape index (κ1) is 28.4. The van der Waals surface area contributed by atoms with Crippen LogP contribution in [0, 0.1) is 5.92 Å². The predicted molar refractivity (Wildman–Crippen MR) is 154 cm³/mol. The Hall–Kier alpha value is -4.17. The van der Waals surface area contributed by atoms with Crippen molar-refractivity contribution in [3.05, 3.63) is 95.6 Å². The van der Waals surface area contributed by atoms with Gasteiger partial charge in [0.05, 0.1) is 12.7 Å². The molecular formula is C33H36N2O6. The first-order valence-electron chi connectivity index (χ1n) is 14.2. The van der Waals surface area contributed by atoms with Gasteiger partial charge in [0, 0.05) is 17.9 Å². The Labute approximate surface area is 240 Å². The van der Waals surface area contributed by atoms with E-state index in [0.29, 0.717) is 12.8 Å². The molecular weight excluding hydrogens is 520 g/mol. The van der Waals surface area contributed by atoms with Gasteiger partial charge in [-0.05, 0) is 54.0 Å². The average Bonchev–Trinajstić information content (AvgIpc) is 3.31. The van der Waals surface area contributed by atoms with E-state index >= 15 is 0 Å². The van der Waals surface area contributed by atoms with Crippen LogP contribution in [-0.4, -0.2) is 47.9 Å². The van der Waals surface area contributed by atoms with Crippen molar-refractivity contribution in [1.82, 2.24) is 10.6 Å². The van der Waals surface area contributed by atoms with Crippen LogP contribution in [0.25, 0.3) is 11.1 Å². The summed E-state index contributed by atoms with van der Waals surface area (Å²) in [6.07, 6.45) is 1.28. The maximum atomic E-state index is 13.1. The number of hydrogen-bond donors (Lipinski definition) is 3. The second-order valence-corrected chi connectivity index (χ2v) is 10.9. The van der Waals surface area contributed by atoms with E-state index in [0.717, 1.165) is 40.7 Å². The van der Waals surface area contributed by atoms with Gasteiger partial charge in [0.1, 0.15) is 6.61 Å². The van der Waals surface area contributed by atoms with Crippen molar-refractivity contribution in [3.8, 4) is 11.1 Å². The highest BCUT2D eigenvalue weighted by atomic mass is 16.5. The highest BCUT2D eigenvalue weighted by Crippen LogP contribution is 2.44. The van der Waals surface area contributed by atoms with Crippen molar-refractivity contribution in [2.75, 3.05) is 6.61 Å². The van der Waals surface area contributed by atoms with E-state index in [1.807, 2.05) is 54.6 Å². The van der Waals surface area contributed by atoms with Gasteiger partial charge in [0.2, 0.25) is 5.91 Å². The summed E-state index contributed by atoms with van der Waals surface area (Å²) in [5.74, 6) is -1.93. The maximum absolute atomic E-state index is 13.1. The quantitative estimate of drug-likeness (QED) is 0.314. The number of rotatable bonds is 10. The topological polar surface area (TPSA) is 114 Å². The molecule has 1 saturated carbocycles. The lowest BCUT2D eigenvalue weighted by molar-refractivity contribution is -0.147. The number of benzene rings is 3. The molecule has 2 aliphatic carbocycles. The smallest absolute Gasteiger partial charge is 0.407 e. The molecule has 0 aliphatic heterocycles. The average molecular weight is 557 g/mol. The molecule has 214 valence electrons. The second-order valence-electron chi connectivity index (χ2n) is 10.9. The monoisotopic (exact) mass is 556 g/mol. The standard InChI is InChI=1S/C33H36N2O6/c1-21(40-19-22-10-3-2-4-11-22)30(32(37)38)35-31(36)23-12-9-13-24(18-23)34-33(39)41-20-29-27-16-7-5-14-25(27)26-15-6-8-17-28(26)29/h2-8,10-11,14-17,21,23-24,29-30H,9,12-13,18-20H2,1H3,(H,34,39)(H,35,36)(H,37,38)/t21-,23+,24-,30+/m1/s1. The molecule has 2 aliphatic rings. The fourth-order valence-electron chi connectivity index (χ4n) is 5.91. The summed E-state index contributed by atoms with van der Waals surface area (Å²) in [6.45, 7) is 2.11. The third kappa shape index (κ3) is 6.77. The van der Waals surface area contributed by atoms with Crippen LogP contribution in [0.15, 0.2) is 78.9 Å². The Bertz CT molecular complexity index is 1330. The van der Waals surface area contributed by atoms with Crippen LogP contribution < -0.4 is 10.6 Å². The molecule has 3 N–H and O–H groups in total. The van der Waals surface area contributed by atoms with E-state index in [4.69, 9.17) is 9.47 Å². The summed E-state index contributed by atoms with van der Waals surface area (Å²) < 4.78 is 11.4. The molecule has 4 atom stereocenters. The number of ether oxygens (including phenoxy) is 2. The highest BCUT2D eigenvalue weighted by molar-refractivity contribution is 5.85. The Morgan fingerprint density at radius 3 is 2.20 bits per heavy atom. The summed E-state index contributed by atoms with van der Waals surface area (Å²) in [7, 11) is 0. The number of nitrogens with one attached hydrogen (secondary N) is 2. The summed E-state index contributed by atoms with van der Waals surface area (Å²) in [4.78, 5) is 37.8. The van der Waals surface area contributed by atoms with E-state index in [2.05, 4.69) is 34.9 Å². The number of amides is 2. The molecule has 0 spiro atoms. The lowest BCUT2D eigenvalue weighted by Crippen LogP contribution is -2.51. The first-order chi connectivity index (χ1) is 19.9. The lowest BCUT2D eigenvalue weighted by atomic mass is 9.85. The Morgan fingerprint density at radius 2 is 1.54 bits per heavy atom. The molecule has 0 radical (unpaired) electrons. The van der Waals surface area contributed by atoms with Crippen LogP contribution in [0.1, 0.15) is 55.2 Å². The Morgan fingerprint density at radius 1 is 0.902 bits per heavy atom. The minimum Gasteiger partial charge on any atom is -0.480 e. The van der Waals surface area contributed by atoms with Crippen molar-refractivity contribution >= 4 is 18.0 Å². The Kier molecular flexibility index (Phi) is 8.99. The van der Waals surface area contributed by atoms with Crippen molar-refractivity contribution in [2.24, 2.45) is 5.92 Å². The van der Waals surface area contributed by atoms with Gasteiger partial charge < -0.3 is 25.2 Å². The van der Waals surface area contributed by atoms with Gasteiger partial charge in [-0.25, -0.2) is 9.59 Å². The molecule has 0 bridgehead atoms. The molecule has 2 amide bonds. The number of hydrogen-bond acceptors (Lipinski definition) is 5. The third-order valence-corrected chi connectivity index (χ3v) is 8.10. The van der Waals surface area contributed by atoms with Gasteiger partial charge in [-0.3, -0.25) is 4.79 Å². The molecule has 8 heteroatoms. The largest absolute Gasteiger partial charge is 0.480 e. The van der Waals surface area contributed by atoms with Crippen LogP contribution >= 0.6 is 0 Å². The number of fused-ring (bicyclic) bond motifs is 3.